The molecule has 0 bridgehead atoms. The number of benzene rings is 1. The van der Waals surface area contributed by atoms with Crippen LogP contribution in [0.2, 0.25) is 0 Å². The first-order chi connectivity index (χ1) is 9.02. The number of hydrogen-bond acceptors (Lipinski definition) is 6. The van der Waals surface area contributed by atoms with E-state index in [0.717, 1.165) is 22.3 Å². The Morgan fingerprint density at radius 1 is 1.42 bits per heavy atom. The molecule has 2 rings (SSSR count). The van der Waals surface area contributed by atoms with Crippen LogP contribution in [-0.2, 0) is 9.53 Å². The van der Waals surface area contributed by atoms with E-state index < -0.39 is 5.97 Å². The number of carbonyl (C=O) groups is 2. The molecule has 0 atom stereocenters. The first-order valence-electron chi connectivity index (χ1n) is 5.24. The van der Waals surface area contributed by atoms with Gasteiger partial charge in [-0.2, -0.15) is 0 Å². The summed E-state index contributed by atoms with van der Waals surface area (Å²) in [6, 6.07) is 6.69. The molecule has 2 N–H and O–H groups in total. The van der Waals surface area contributed by atoms with Crippen LogP contribution in [0.3, 0.4) is 0 Å². The molecule has 0 saturated carbocycles. The van der Waals surface area contributed by atoms with Crippen molar-refractivity contribution >= 4 is 46.3 Å². The van der Waals surface area contributed by atoms with E-state index in [2.05, 4.69) is 4.74 Å². The second kappa shape index (κ2) is 5.52. The topological polar surface area (TPSA) is 72.6 Å². The van der Waals surface area contributed by atoms with Gasteiger partial charge in [0, 0.05) is 0 Å². The van der Waals surface area contributed by atoms with Crippen LogP contribution in [-0.4, -0.2) is 28.3 Å². The normalized spacial score (nSPS) is 17.2. The van der Waals surface area contributed by atoms with Crippen LogP contribution in [0.1, 0.15) is 15.9 Å². The molecule has 0 radical (unpaired) electrons. The molecule has 1 aromatic carbocycles. The van der Waals surface area contributed by atoms with Crippen LogP contribution >= 0.6 is 24.0 Å². The standard InChI is InChI=1S/C12H10N2O3S2/c1-17-11(16)8-4-2-7(3-5-8)6-9-10(15)14(13)12(18)19-9/h2-6H,13H2,1H3/b9-6+. The van der Waals surface area contributed by atoms with Crippen LogP contribution < -0.4 is 5.84 Å². The van der Waals surface area contributed by atoms with Gasteiger partial charge in [0.2, 0.25) is 0 Å². The number of nitrogens with two attached hydrogens (primary N) is 1. The summed E-state index contributed by atoms with van der Waals surface area (Å²) >= 11 is 6.07. The summed E-state index contributed by atoms with van der Waals surface area (Å²) < 4.78 is 4.92. The summed E-state index contributed by atoms with van der Waals surface area (Å²) in [5.74, 6) is 4.74. The first kappa shape index (κ1) is 13.7. The molecule has 1 heterocycles. The van der Waals surface area contributed by atoms with Gasteiger partial charge in [0.05, 0.1) is 17.6 Å². The smallest absolute Gasteiger partial charge is 0.337 e. The lowest BCUT2D eigenvalue weighted by Crippen LogP contribution is -2.34. The monoisotopic (exact) mass is 294 g/mol. The van der Waals surface area contributed by atoms with Crippen molar-refractivity contribution in [2.45, 2.75) is 0 Å². The SMILES string of the molecule is COC(=O)c1ccc(/C=C2/SC(=S)N(N)C2=O)cc1. The van der Waals surface area contributed by atoms with Crippen molar-refractivity contribution in [2.75, 3.05) is 7.11 Å². The lowest BCUT2D eigenvalue weighted by Gasteiger charge is -2.03. The van der Waals surface area contributed by atoms with Gasteiger partial charge in [-0.1, -0.05) is 36.1 Å². The number of hydrazine groups is 1. The van der Waals surface area contributed by atoms with Crippen molar-refractivity contribution in [1.29, 1.82) is 0 Å². The third kappa shape index (κ3) is 2.83. The van der Waals surface area contributed by atoms with Crippen LogP contribution in [0, 0.1) is 0 Å². The molecule has 1 aliphatic heterocycles. The number of nitrogens with zero attached hydrogens (tertiary/aromatic N) is 1. The fourth-order valence-electron chi connectivity index (χ4n) is 1.46. The lowest BCUT2D eigenvalue weighted by molar-refractivity contribution is -0.122. The number of thioether (sulfide) groups is 1. The highest BCUT2D eigenvalue weighted by Crippen LogP contribution is 2.30. The number of hydrogen-bond donors (Lipinski definition) is 1. The molecule has 0 aliphatic carbocycles. The summed E-state index contributed by atoms with van der Waals surface area (Å²) in [6.07, 6.45) is 1.67. The molecule has 7 heteroatoms. The predicted octanol–water partition coefficient (Wildman–Crippen LogP) is 1.55. The minimum Gasteiger partial charge on any atom is -0.465 e. The van der Waals surface area contributed by atoms with E-state index in [1.165, 1.54) is 7.11 Å². The molecule has 1 amide bonds. The molecular formula is C12H10N2O3S2. The Balaban J connectivity index is 2.23. The Bertz CT molecular complexity index is 581. The molecule has 19 heavy (non-hydrogen) atoms. The second-order valence-electron chi connectivity index (χ2n) is 3.67. The molecule has 1 saturated heterocycles. The van der Waals surface area contributed by atoms with E-state index in [1.54, 1.807) is 30.3 Å². The highest BCUT2D eigenvalue weighted by Gasteiger charge is 2.29. The van der Waals surface area contributed by atoms with E-state index in [1.807, 2.05) is 0 Å². The zero-order valence-corrected chi connectivity index (χ0v) is 11.6. The van der Waals surface area contributed by atoms with Gasteiger partial charge in [0.1, 0.15) is 0 Å². The summed E-state index contributed by atoms with van der Waals surface area (Å²) in [5, 5.41) is 0.939. The molecule has 0 aromatic heterocycles. The minimum absolute atomic E-state index is 0.322. The number of methoxy groups -OCH3 is 1. The average Bonchev–Trinajstić information content (AvgIpc) is 2.66. The Hall–Kier alpha value is -1.70. The number of amides is 1. The zero-order chi connectivity index (χ0) is 14.0. The van der Waals surface area contributed by atoms with Gasteiger partial charge in [-0.05, 0) is 23.8 Å². The molecule has 0 unspecified atom stereocenters. The maximum Gasteiger partial charge on any atom is 0.337 e. The van der Waals surface area contributed by atoms with E-state index >= 15 is 0 Å². The number of carbonyl (C=O) groups excluding carboxylic acids is 2. The van der Waals surface area contributed by atoms with Crippen molar-refractivity contribution in [3.05, 3.63) is 40.3 Å². The van der Waals surface area contributed by atoms with Gasteiger partial charge < -0.3 is 4.74 Å². The van der Waals surface area contributed by atoms with Crippen LogP contribution in [0.25, 0.3) is 6.08 Å². The summed E-state index contributed by atoms with van der Waals surface area (Å²) in [6.45, 7) is 0. The second-order valence-corrected chi connectivity index (χ2v) is 5.34. The fourth-order valence-corrected chi connectivity index (χ4v) is 2.57. The number of ether oxygens (including phenoxy) is 1. The zero-order valence-electron chi connectivity index (χ0n) is 9.95. The first-order valence-corrected chi connectivity index (χ1v) is 6.46. The third-order valence-electron chi connectivity index (χ3n) is 2.45. The highest BCUT2D eigenvalue weighted by molar-refractivity contribution is 8.26. The van der Waals surface area contributed by atoms with E-state index in [-0.39, 0.29) is 5.91 Å². The molecular weight excluding hydrogens is 284 g/mol. The third-order valence-corrected chi connectivity index (χ3v) is 3.78. The number of esters is 1. The maximum atomic E-state index is 11.7. The van der Waals surface area contributed by atoms with Crippen molar-refractivity contribution in [2.24, 2.45) is 5.84 Å². The average molecular weight is 294 g/mol. The molecule has 1 aromatic rings. The Kier molecular flexibility index (Phi) is 3.98. The Morgan fingerprint density at radius 2 is 2.05 bits per heavy atom. The molecule has 1 aliphatic rings. The number of thiocarbonyl (C=S) groups is 1. The van der Waals surface area contributed by atoms with Gasteiger partial charge in [-0.15, -0.1) is 0 Å². The van der Waals surface area contributed by atoms with Gasteiger partial charge in [0.25, 0.3) is 5.91 Å². The fraction of sp³-hybridized carbons (Fsp3) is 0.0833. The van der Waals surface area contributed by atoms with Crippen molar-refractivity contribution < 1.29 is 14.3 Å². The van der Waals surface area contributed by atoms with E-state index in [4.69, 9.17) is 18.1 Å². The largest absolute Gasteiger partial charge is 0.465 e. The highest BCUT2D eigenvalue weighted by atomic mass is 32.2. The van der Waals surface area contributed by atoms with Crippen molar-refractivity contribution in [1.82, 2.24) is 5.01 Å². The van der Waals surface area contributed by atoms with Gasteiger partial charge in [-0.25, -0.2) is 15.6 Å². The summed E-state index contributed by atoms with van der Waals surface area (Å²) in [5.41, 5.74) is 1.23. The summed E-state index contributed by atoms with van der Waals surface area (Å²) in [7, 11) is 1.32. The Morgan fingerprint density at radius 3 is 2.53 bits per heavy atom. The van der Waals surface area contributed by atoms with Gasteiger partial charge in [-0.3, -0.25) is 4.79 Å². The minimum atomic E-state index is -0.403. The van der Waals surface area contributed by atoms with Crippen LogP contribution in [0.15, 0.2) is 29.2 Å². The number of rotatable bonds is 2. The van der Waals surface area contributed by atoms with Crippen LogP contribution in [0.4, 0.5) is 0 Å². The van der Waals surface area contributed by atoms with E-state index in [0.29, 0.717) is 14.8 Å². The molecule has 98 valence electrons. The molecule has 0 spiro atoms. The van der Waals surface area contributed by atoms with Crippen LogP contribution in [0.5, 0.6) is 0 Å². The van der Waals surface area contributed by atoms with Gasteiger partial charge in [0.15, 0.2) is 4.32 Å². The Labute approximate surface area is 119 Å². The predicted molar refractivity (Wildman–Crippen MR) is 77.0 cm³/mol. The van der Waals surface area contributed by atoms with E-state index in [9.17, 15) is 9.59 Å². The van der Waals surface area contributed by atoms with Crippen molar-refractivity contribution in [3.63, 3.8) is 0 Å². The summed E-state index contributed by atoms with van der Waals surface area (Å²) in [4.78, 5) is 23.4. The quantitative estimate of drug-likeness (QED) is 0.293. The van der Waals surface area contributed by atoms with Crippen molar-refractivity contribution in [3.8, 4) is 0 Å². The molecule has 1 fully saturated rings. The lowest BCUT2D eigenvalue weighted by atomic mass is 10.1. The van der Waals surface area contributed by atoms with Gasteiger partial charge >= 0.3 is 5.97 Å². The maximum absolute atomic E-state index is 11.7. The molecule has 5 nitrogen and oxygen atoms in total.